The van der Waals surface area contributed by atoms with Crippen molar-refractivity contribution in [2.75, 3.05) is 6.61 Å². The maximum absolute atomic E-state index is 12.6. The first-order valence-electron chi connectivity index (χ1n) is 6.57. The van der Waals surface area contributed by atoms with Crippen LogP contribution in [-0.2, 0) is 19.1 Å². The Morgan fingerprint density at radius 2 is 1.71 bits per heavy atom. The van der Waals surface area contributed by atoms with E-state index in [-0.39, 0.29) is 6.54 Å². The molecule has 21 heavy (non-hydrogen) atoms. The second-order valence-electron chi connectivity index (χ2n) is 4.61. The molecule has 2 aromatic rings. The fourth-order valence-electron chi connectivity index (χ4n) is 1.98. The number of alkyl halides is 3. The van der Waals surface area contributed by atoms with Gasteiger partial charge in [0.25, 0.3) is 0 Å². The van der Waals surface area contributed by atoms with Crippen molar-refractivity contribution in [3.8, 4) is 5.75 Å². The maximum Gasteiger partial charge on any atom is 0.416 e. The summed E-state index contributed by atoms with van der Waals surface area (Å²) < 4.78 is 43.4. The van der Waals surface area contributed by atoms with Crippen LogP contribution >= 0.6 is 0 Å². The largest absolute Gasteiger partial charge is 0.493 e. The summed E-state index contributed by atoms with van der Waals surface area (Å²) in [6.07, 6.45) is -3.68. The fraction of sp³-hybridized carbons (Fsp3) is 0.250. The van der Waals surface area contributed by atoms with Crippen molar-refractivity contribution in [3.63, 3.8) is 0 Å². The molecule has 2 aromatic carbocycles. The van der Waals surface area contributed by atoms with Crippen molar-refractivity contribution < 1.29 is 17.9 Å². The van der Waals surface area contributed by atoms with Crippen molar-refractivity contribution in [3.05, 3.63) is 65.2 Å². The lowest BCUT2D eigenvalue weighted by molar-refractivity contribution is -0.137. The zero-order chi connectivity index (χ0) is 15.3. The van der Waals surface area contributed by atoms with Gasteiger partial charge in [-0.25, -0.2) is 0 Å². The summed E-state index contributed by atoms with van der Waals surface area (Å²) in [7, 11) is 0. The van der Waals surface area contributed by atoms with E-state index in [1.54, 1.807) is 0 Å². The van der Waals surface area contributed by atoms with Crippen LogP contribution in [-0.4, -0.2) is 6.61 Å². The number of hydrogen-bond donors (Lipinski definition) is 1. The molecule has 0 aromatic heterocycles. The molecule has 2 N–H and O–H groups in total. The normalized spacial score (nSPS) is 11.4. The second kappa shape index (κ2) is 6.63. The Kier molecular flexibility index (Phi) is 4.85. The molecule has 0 spiro atoms. The smallest absolute Gasteiger partial charge is 0.416 e. The summed E-state index contributed by atoms with van der Waals surface area (Å²) in [4.78, 5) is 0. The SMILES string of the molecule is NCc1cc(C(F)(F)F)ccc1OCCc1ccccc1. The molecule has 0 heterocycles. The van der Waals surface area contributed by atoms with E-state index < -0.39 is 11.7 Å². The number of benzene rings is 2. The number of rotatable bonds is 5. The average molecular weight is 295 g/mol. The van der Waals surface area contributed by atoms with Gasteiger partial charge in [0.15, 0.2) is 0 Å². The summed E-state index contributed by atoms with van der Waals surface area (Å²) in [6.45, 7) is 0.396. The van der Waals surface area contributed by atoms with E-state index in [1.165, 1.54) is 6.07 Å². The highest BCUT2D eigenvalue weighted by atomic mass is 19.4. The average Bonchev–Trinajstić information content (AvgIpc) is 2.47. The molecule has 112 valence electrons. The molecular weight excluding hydrogens is 279 g/mol. The van der Waals surface area contributed by atoms with E-state index in [9.17, 15) is 13.2 Å². The molecule has 0 aliphatic heterocycles. The minimum atomic E-state index is -4.37. The third-order valence-corrected chi connectivity index (χ3v) is 3.10. The minimum absolute atomic E-state index is 0.00455. The first-order valence-corrected chi connectivity index (χ1v) is 6.57. The monoisotopic (exact) mass is 295 g/mol. The molecule has 5 heteroatoms. The van der Waals surface area contributed by atoms with Gasteiger partial charge in [-0.15, -0.1) is 0 Å². The quantitative estimate of drug-likeness (QED) is 0.911. The van der Waals surface area contributed by atoms with Crippen LogP contribution < -0.4 is 10.5 Å². The Hall–Kier alpha value is -2.01. The molecule has 2 rings (SSSR count). The Labute approximate surface area is 121 Å². The molecule has 0 unspecified atom stereocenters. The number of nitrogens with two attached hydrogens (primary N) is 1. The lowest BCUT2D eigenvalue weighted by atomic mass is 10.1. The molecule has 0 aliphatic carbocycles. The maximum atomic E-state index is 12.6. The first kappa shape index (κ1) is 15.4. The van der Waals surface area contributed by atoms with Gasteiger partial charge in [-0.05, 0) is 23.8 Å². The van der Waals surface area contributed by atoms with Crippen molar-refractivity contribution >= 4 is 0 Å². The Morgan fingerprint density at radius 1 is 1.00 bits per heavy atom. The molecular formula is C16H16F3NO. The zero-order valence-electron chi connectivity index (χ0n) is 11.4. The highest BCUT2D eigenvalue weighted by Crippen LogP contribution is 2.32. The van der Waals surface area contributed by atoms with Gasteiger partial charge in [-0.3, -0.25) is 0 Å². The molecule has 0 amide bonds. The van der Waals surface area contributed by atoms with Gasteiger partial charge in [0.05, 0.1) is 12.2 Å². The standard InChI is InChI=1S/C16H16F3NO/c17-16(18,19)14-6-7-15(13(10-14)11-20)21-9-8-12-4-2-1-3-5-12/h1-7,10H,8-9,11,20H2. The van der Waals surface area contributed by atoms with Gasteiger partial charge in [-0.2, -0.15) is 13.2 Å². The van der Waals surface area contributed by atoms with Crippen molar-refractivity contribution in [1.29, 1.82) is 0 Å². The molecule has 0 bridgehead atoms. The second-order valence-corrected chi connectivity index (χ2v) is 4.61. The molecule has 0 fully saturated rings. The van der Waals surface area contributed by atoms with Crippen LogP contribution in [0.1, 0.15) is 16.7 Å². The molecule has 0 aliphatic rings. The Balaban J connectivity index is 2.03. The van der Waals surface area contributed by atoms with E-state index in [0.29, 0.717) is 24.3 Å². The lowest BCUT2D eigenvalue weighted by Gasteiger charge is -2.13. The Bertz CT molecular complexity index is 582. The van der Waals surface area contributed by atoms with Crippen LogP contribution in [0.25, 0.3) is 0 Å². The molecule has 0 radical (unpaired) electrons. The summed E-state index contributed by atoms with van der Waals surface area (Å²) in [6, 6.07) is 13.1. The van der Waals surface area contributed by atoms with Crippen LogP contribution in [0.2, 0.25) is 0 Å². The van der Waals surface area contributed by atoms with Gasteiger partial charge in [-0.1, -0.05) is 30.3 Å². The van der Waals surface area contributed by atoms with E-state index in [2.05, 4.69) is 0 Å². The van der Waals surface area contributed by atoms with E-state index in [4.69, 9.17) is 10.5 Å². The van der Waals surface area contributed by atoms with E-state index in [0.717, 1.165) is 17.7 Å². The molecule has 0 saturated carbocycles. The predicted octanol–water partition coefficient (Wildman–Crippen LogP) is 3.79. The number of ether oxygens (including phenoxy) is 1. The molecule has 0 saturated heterocycles. The topological polar surface area (TPSA) is 35.2 Å². The number of halogens is 3. The highest BCUT2D eigenvalue weighted by Gasteiger charge is 2.30. The zero-order valence-corrected chi connectivity index (χ0v) is 11.4. The Morgan fingerprint density at radius 3 is 2.33 bits per heavy atom. The van der Waals surface area contributed by atoms with Gasteiger partial charge in [0, 0.05) is 18.5 Å². The lowest BCUT2D eigenvalue weighted by Crippen LogP contribution is -2.10. The van der Waals surface area contributed by atoms with Crippen molar-refractivity contribution in [2.45, 2.75) is 19.1 Å². The predicted molar refractivity (Wildman–Crippen MR) is 75.0 cm³/mol. The van der Waals surface area contributed by atoms with Crippen LogP contribution in [0, 0.1) is 0 Å². The minimum Gasteiger partial charge on any atom is -0.493 e. The van der Waals surface area contributed by atoms with Crippen LogP contribution in [0.4, 0.5) is 13.2 Å². The van der Waals surface area contributed by atoms with E-state index >= 15 is 0 Å². The summed E-state index contributed by atoms with van der Waals surface area (Å²) in [5.74, 6) is 0.404. The summed E-state index contributed by atoms with van der Waals surface area (Å²) in [5, 5.41) is 0. The third-order valence-electron chi connectivity index (χ3n) is 3.10. The van der Waals surface area contributed by atoms with Crippen LogP contribution in [0.3, 0.4) is 0 Å². The van der Waals surface area contributed by atoms with Gasteiger partial charge >= 0.3 is 6.18 Å². The van der Waals surface area contributed by atoms with Crippen LogP contribution in [0.5, 0.6) is 5.75 Å². The van der Waals surface area contributed by atoms with Crippen molar-refractivity contribution in [1.82, 2.24) is 0 Å². The van der Waals surface area contributed by atoms with Gasteiger partial charge in [0.2, 0.25) is 0 Å². The van der Waals surface area contributed by atoms with Crippen molar-refractivity contribution in [2.24, 2.45) is 5.73 Å². The van der Waals surface area contributed by atoms with Crippen LogP contribution in [0.15, 0.2) is 48.5 Å². The highest BCUT2D eigenvalue weighted by molar-refractivity contribution is 5.38. The number of hydrogen-bond acceptors (Lipinski definition) is 2. The first-order chi connectivity index (χ1) is 10.0. The van der Waals surface area contributed by atoms with Gasteiger partial charge in [0.1, 0.15) is 5.75 Å². The molecule has 2 nitrogen and oxygen atoms in total. The molecule has 0 atom stereocenters. The van der Waals surface area contributed by atoms with E-state index in [1.807, 2.05) is 30.3 Å². The summed E-state index contributed by atoms with van der Waals surface area (Å²) >= 11 is 0. The van der Waals surface area contributed by atoms with Gasteiger partial charge < -0.3 is 10.5 Å². The third kappa shape index (κ3) is 4.23. The fourth-order valence-corrected chi connectivity index (χ4v) is 1.98. The summed E-state index contributed by atoms with van der Waals surface area (Å²) in [5.41, 5.74) is 6.26.